The van der Waals surface area contributed by atoms with Gasteiger partial charge in [0.25, 0.3) is 5.56 Å². The average molecular weight is 259 g/mol. The van der Waals surface area contributed by atoms with E-state index in [0.29, 0.717) is 23.8 Å². The molecular weight excluding hydrogens is 246 g/mol. The van der Waals surface area contributed by atoms with E-state index < -0.39 is 11.2 Å². The summed E-state index contributed by atoms with van der Waals surface area (Å²) in [5.41, 5.74) is 0.582. The van der Waals surface area contributed by atoms with Gasteiger partial charge in [0.15, 0.2) is 0 Å². The van der Waals surface area contributed by atoms with Crippen LogP contribution in [0.5, 0.6) is 0 Å². The van der Waals surface area contributed by atoms with E-state index in [1.165, 1.54) is 25.4 Å². The van der Waals surface area contributed by atoms with Crippen molar-refractivity contribution >= 4 is 5.82 Å². The Morgan fingerprint density at radius 1 is 1.32 bits per heavy atom. The molecule has 19 heavy (non-hydrogen) atoms. The molecule has 0 amide bonds. The van der Waals surface area contributed by atoms with E-state index in [1.54, 1.807) is 0 Å². The van der Waals surface area contributed by atoms with Crippen molar-refractivity contribution in [1.82, 2.24) is 19.9 Å². The average Bonchev–Trinajstić information content (AvgIpc) is 3.22. The first-order valence-electron chi connectivity index (χ1n) is 6.09. The Hall–Kier alpha value is -2.44. The fourth-order valence-corrected chi connectivity index (χ4v) is 1.83. The molecule has 3 rings (SSSR count). The Balaban J connectivity index is 1.73. The van der Waals surface area contributed by atoms with Crippen LogP contribution in [0.15, 0.2) is 28.2 Å². The molecule has 0 spiro atoms. The van der Waals surface area contributed by atoms with Crippen LogP contribution >= 0.6 is 0 Å². The number of aromatic amines is 2. The minimum absolute atomic E-state index is 0.299. The number of nitrogens with zero attached hydrogens (tertiary/aromatic N) is 2. The molecule has 1 aliphatic rings. The van der Waals surface area contributed by atoms with E-state index >= 15 is 0 Å². The summed E-state index contributed by atoms with van der Waals surface area (Å²) in [6.07, 6.45) is 5.27. The molecule has 0 aliphatic heterocycles. The molecule has 7 nitrogen and oxygen atoms in total. The molecule has 7 heteroatoms. The summed E-state index contributed by atoms with van der Waals surface area (Å²) in [5, 5.41) is 3.05. The standard InChI is InChI=1S/C12H13N5O2/c18-11-8(5-14-12(19)17-11)4-13-10-3-9(7-1-2-7)15-6-16-10/h3,5-7H,1-2,4H2,(H,13,15,16)(H2,14,17,18,19). The van der Waals surface area contributed by atoms with Crippen LogP contribution in [0.25, 0.3) is 0 Å². The lowest BCUT2D eigenvalue weighted by Crippen LogP contribution is -2.25. The fourth-order valence-electron chi connectivity index (χ4n) is 1.83. The number of aromatic nitrogens is 4. The quantitative estimate of drug-likeness (QED) is 0.734. The molecule has 0 unspecified atom stereocenters. The highest BCUT2D eigenvalue weighted by Crippen LogP contribution is 2.39. The van der Waals surface area contributed by atoms with Gasteiger partial charge in [-0.2, -0.15) is 0 Å². The van der Waals surface area contributed by atoms with Gasteiger partial charge in [0, 0.05) is 30.4 Å². The molecular formula is C12H13N5O2. The second-order valence-corrected chi connectivity index (χ2v) is 4.55. The molecule has 1 aliphatic carbocycles. The zero-order valence-corrected chi connectivity index (χ0v) is 10.1. The number of hydrogen-bond donors (Lipinski definition) is 3. The highest BCUT2D eigenvalue weighted by atomic mass is 16.2. The summed E-state index contributed by atoms with van der Waals surface area (Å²) < 4.78 is 0. The maximum absolute atomic E-state index is 11.5. The van der Waals surface area contributed by atoms with Crippen molar-refractivity contribution in [2.75, 3.05) is 5.32 Å². The lowest BCUT2D eigenvalue weighted by molar-refractivity contribution is 0.947. The zero-order valence-electron chi connectivity index (χ0n) is 10.1. The lowest BCUT2D eigenvalue weighted by Gasteiger charge is -2.05. The highest BCUT2D eigenvalue weighted by Gasteiger charge is 2.25. The van der Waals surface area contributed by atoms with Crippen LogP contribution in [-0.2, 0) is 6.54 Å². The summed E-state index contributed by atoms with van der Waals surface area (Å²) in [6, 6.07) is 1.90. The predicted molar refractivity (Wildman–Crippen MR) is 69.0 cm³/mol. The van der Waals surface area contributed by atoms with E-state index in [4.69, 9.17) is 0 Å². The Bertz CT molecular complexity index is 702. The van der Waals surface area contributed by atoms with E-state index in [9.17, 15) is 9.59 Å². The smallest absolute Gasteiger partial charge is 0.325 e. The third-order valence-electron chi connectivity index (χ3n) is 3.04. The molecule has 3 N–H and O–H groups in total. The van der Waals surface area contributed by atoms with Gasteiger partial charge in [-0.15, -0.1) is 0 Å². The SMILES string of the molecule is O=c1[nH]cc(CNc2cc(C3CC3)ncn2)c(=O)[nH]1. The highest BCUT2D eigenvalue weighted by molar-refractivity contribution is 5.37. The normalized spacial score (nSPS) is 14.3. The van der Waals surface area contributed by atoms with Gasteiger partial charge in [-0.05, 0) is 12.8 Å². The van der Waals surface area contributed by atoms with E-state index in [0.717, 1.165) is 5.69 Å². The summed E-state index contributed by atoms with van der Waals surface area (Å²) in [4.78, 5) is 35.3. The first kappa shape index (κ1) is 11.6. The predicted octanol–water partition coefficient (Wildman–Crippen LogP) is 0.343. The van der Waals surface area contributed by atoms with Gasteiger partial charge in [-0.25, -0.2) is 14.8 Å². The fraction of sp³-hybridized carbons (Fsp3) is 0.333. The molecule has 0 saturated heterocycles. The van der Waals surface area contributed by atoms with Gasteiger partial charge >= 0.3 is 5.69 Å². The molecule has 2 aromatic rings. The molecule has 2 heterocycles. The minimum Gasteiger partial charge on any atom is -0.366 e. The van der Waals surface area contributed by atoms with E-state index in [2.05, 4.69) is 25.3 Å². The van der Waals surface area contributed by atoms with Crippen molar-refractivity contribution in [3.8, 4) is 0 Å². The molecule has 0 atom stereocenters. The Labute approximate surface area is 108 Å². The second kappa shape index (κ2) is 4.68. The lowest BCUT2D eigenvalue weighted by atomic mass is 10.2. The molecule has 0 aromatic carbocycles. The topological polar surface area (TPSA) is 104 Å². The van der Waals surface area contributed by atoms with Crippen LogP contribution in [0.3, 0.4) is 0 Å². The summed E-state index contributed by atoms with van der Waals surface area (Å²) in [7, 11) is 0. The number of anilines is 1. The molecule has 1 saturated carbocycles. The van der Waals surface area contributed by atoms with Gasteiger partial charge in [0.1, 0.15) is 12.1 Å². The second-order valence-electron chi connectivity index (χ2n) is 4.55. The van der Waals surface area contributed by atoms with Crippen LogP contribution in [0.4, 0.5) is 5.82 Å². The maximum Gasteiger partial charge on any atom is 0.325 e. The summed E-state index contributed by atoms with van der Waals surface area (Å²) in [6.45, 7) is 0.299. The number of H-pyrrole nitrogens is 2. The third kappa shape index (κ3) is 2.70. The largest absolute Gasteiger partial charge is 0.366 e. The van der Waals surface area contributed by atoms with Gasteiger partial charge in [-0.1, -0.05) is 0 Å². The van der Waals surface area contributed by atoms with E-state index in [-0.39, 0.29) is 0 Å². The Morgan fingerprint density at radius 2 is 2.16 bits per heavy atom. The van der Waals surface area contributed by atoms with Gasteiger partial charge < -0.3 is 10.3 Å². The van der Waals surface area contributed by atoms with Crippen molar-refractivity contribution in [2.24, 2.45) is 0 Å². The molecule has 1 fully saturated rings. The molecule has 0 radical (unpaired) electrons. The van der Waals surface area contributed by atoms with Crippen molar-refractivity contribution in [2.45, 2.75) is 25.3 Å². The monoisotopic (exact) mass is 259 g/mol. The molecule has 98 valence electrons. The molecule has 2 aromatic heterocycles. The number of rotatable bonds is 4. The van der Waals surface area contributed by atoms with Crippen LogP contribution in [0.2, 0.25) is 0 Å². The number of hydrogen-bond acceptors (Lipinski definition) is 5. The third-order valence-corrected chi connectivity index (χ3v) is 3.04. The van der Waals surface area contributed by atoms with Gasteiger partial charge in [0.05, 0.1) is 5.56 Å². The summed E-state index contributed by atoms with van der Waals surface area (Å²) in [5.74, 6) is 1.24. The van der Waals surface area contributed by atoms with Gasteiger partial charge in [0.2, 0.25) is 0 Å². The number of nitrogens with one attached hydrogen (secondary N) is 3. The van der Waals surface area contributed by atoms with Crippen molar-refractivity contribution < 1.29 is 0 Å². The Morgan fingerprint density at radius 3 is 2.89 bits per heavy atom. The first-order chi connectivity index (χ1) is 9.22. The first-order valence-corrected chi connectivity index (χ1v) is 6.09. The van der Waals surface area contributed by atoms with Crippen LogP contribution in [-0.4, -0.2) is 19.9 Å². The van der Waals surface area contributed by atoms with Crippen LogP contribution in [0.1, 0.15) is 30.0 Å². The van der Waals surface area contributed by atoms with Gasteiger partial charge in [-0.3, -0.25) is 9.78 Å². The van der Waals surface area contributed by atoms with Crippen molar-refractivity contribution in [1.29, 1.82) is 0 Å². The van der Waals surface area contributed by atoms with Crippen LogP contribution in [0, 0.1) is 0 Å². The zero-order chi connectivity index (χ0) is 13.2. The molecule has 0 bridgehead atoms. The summed E-state index contributed by atoms with van der Waals surface area (Å²) >= 11 is 0. The maximum atomic E-state index is 11.5. The van der Waals surface area contributed by atoms with Crippen molar-refractivity contribution in [3.63, 3.8) is 0 Å². The Kier molecular flexibility index (Phi) is 2.86. The minimum atomic E-state index is -0.508. The van der Waals surface area contributed by atoms with E-state index in [1.807, 2.05) is 6.07 Å². The van der Waals surface area contributed by atoms with Crippen molar-refractivity contribution in [3.05, 3.63) is 50.7 Å². The van der Waals surface area contributed by atoms with Crippen LogP contribution < -0.4 is 16.6 Å².